The molecular formula is C21H23N3O2S. The largest absolute Gasteiger partial charge is 0.411 e. The molecule has 5 nitrogen and oxygen atoms in total. The zero-order chi connectivity index (χ0) is 19.4. The third-order valence-corrected chi connectivity index (χ3v) is 5.03. The van der Waals surface area contributed by atoms with Crippen molar-refractivity contribution in [3.8, 4) is 11.5 Å². The van der Waals surface area contributed by atoms with Crippen molar-refractivity contribution in [2.24, 2.45) is 0 Å². The number of benzene rings is 2. The molecule has 0 saturated carbocycles. The van der Waals surface area contributed by atoms with Gasteiger partial charge in [-0.2, -0.15) is 0 Å². The van der Waals surface area contributed by atoms with E-state index in [1.54, 1.807) is 0 Å². The molecule has 6 heteroatoms. The van der Waals surface area contributed by atoms with E-state index in [1.807, 2.05) is 61.5 Å². The average Bonchev–Trinajstić information content (AvgIpc) is 3.10. The predicted molar refractivity (Wildman–Crippen MR) is 109 cm³/mol. The first-order chi connectivity index (χ1) is 12.8. The first-order valence-electron chi connectivity index (χ1n) is 8.80. The lowest BCUT2D eigenvalue weighted by Gasteiger charge is -2.19. The monoisotopic (exact) mass is 381 g/mol. The summed E-state index contributed by atoms with van der Waals surface area (Å²) in [5.41, 5.74) is 2.94. The van der Waals surface area contributed by atoms with Crippen molar-refractivity contribution in [1.29, 1.82) is 0 Å². The van der Waals surface area contributed by atoms with E-state index in [4.69, 9.17) is 4.42 Å². The van der Waals surface area contributed by atoms with Crippen LogP contribution < -0.4 is 5.32 Å². The maximum absolute atomic E-state index is 12.5. The van der Waals surface area contributed by atoms with Crippen LogP contribution in [0.15, 0.2) is 64.2 Å². The minimum absolute atomic E-state index is 0.0834. The Morgan fingerprint density at radius 2 is 1.70 bits per heavy atom. The smallest absolute Gasteiger partial charge is 0.277 e. The highest BCUT2D eigenvalue weighted by Gasteiger charge is 2.19. The molecule has 0 bridgehead atoms. The number of rotatable bonds is 5. The number of carbonyl (C=O) groups excluding carboxylic acids is 1. The van der Waals surface area contributed by atoms with E-state index in [9.17, 15) is 4.79 Å². The summed E-state index contributed by atoms with van der Waals surface area (Å²) < 4.78 is 5.65. The molecule has 1 amide bonds. The lowest BCUT2D eigenvalue weighted by molar-refractivity contribution is -0.115. The molecule has 2 aromatic carbocycles. The number of hydrogen-bond acceptors (Lipinski definition) is 5. The van der Waals surface area contributed by atoms with Gasteiger partial charge in [0.25, 0.3) is 5.22 Å². The molecule has 1 N–H and O–H groups in total. The van der Waals surface area contributed by atoms with Crippen LogP contribution in [-0.2, 0) is 10.2 Å². The van der Waals surface area contributed by atoms with E-state index >= 15 is 0 Å². The normalized spacial score (nSPS) is 12.6. The molecule has 0 aliphatic carbocycles. The van der Waals surface area contributed by atoms with Crippen LogP contribution in [0.3, 0.4) is 0 Å². The van der Waals surface area contributed by atoms with Gasteiger partial charge in [-0.15, -0.1) is 10.2 Å². The van der Waals surface area contributed by atoms with Crippen LogP contribution in [0.2, 0.25) is 0 Å². The standard InChI is InChI=1S/C21H23N3O2S/c1-14(18(25)22-17-12-10-16(11-13-17)21(2,3)4)27-20-24-23-19(26-20)15-8-6-5-7-9-15/h5-14H,1-4H3,(H,22,25). The Bertz CT molecular complexity index is 899. The van der Waals surface area contributed by atoms with Crippen LogP contribution in [0.5, 0.6) is 0 Å². The SMILES string of the molecule is CC(Sc1nnc(-c2ccccc2)o1)C(=O)Nc1ccc(C(C)(C)C)cc1. The van der Waals surface area contributed by atoms with Crippen molar-refractivity contribution in [3.63, 3.8) is 0 Å². The number of thioether (sulfide) groups is 1. The molecule has 0 aliphatic heterocycles. The third-order valence-electron chi connectivity index (χ3n) is 4.09. The summed E-state index contributed by atoms with van der Waals surface area (Å²) in [7, 11) is 0. The molecule has 0 spiro atoms. The van der Waals surface area contributed by atoms with E-state index in [0.717, 1.165) is 11.3 Å². The van der Waals surface area contributed by atoms with Gasteiger partial charge in [-0.25, -0.2) is 0 Å². The molecule has 140 valence electrons. The summed E-state index contributed by atoms with van der Waals surface area (Å²) in [5, 5.41) is 11.0. The van der Waals surface area contributed by atoms with Gasteiger partial charge in [-0.3, -0.25) is 4.79 Å². The molecular weight excluding hydrogens is 358 g/mol. The number of aromatic nitrogens is 2. The number of nitrogens with zero attached hydrogens (tertiary/aromatic N) is 2. The lowest BCUT2D eigenvalue weighted by atomic mass is 9.87. The van der Waals surface area contributed by atoms with Gasteiger partial charge in [0.15, 0.2) is 0 Å². The van der Waals surface area contributed by atoms with E-state index in [1.165, 1.54) is 17.3 Å². The Kier molecular flexibility index (Phi) is 5.65. The second-order valence-corrected chi connectivity index (χ2v) is 8.61. The Morgan fingerprint density at radius 1 is 1.04 bits per heavy atom. The highest BCUT2D eigenvalue weighted by atomic mass is 32.2. The lowest BCUT2D eigenvalue weighted by Crippen LogP contribution is -2.22. The zero-order valence-electron chi connectivity index (χ0n) is 15.9. The summed E-state index contributed by atoms with van der Waals surface area (Å²) in [6, 6.07) is 17.5. The number of hydrogen-bond donors (Lipinski definition) is 1. The van der Waals surface area contributed by atoms with Crippen LogP contribution in [0, 0.1) is 0 Å². The Labute approximate surface area is 163 Å². The Morgan fingerprint density at radius 3 is 2.33 bits per heavy atom. The summed E-state index contributed by atoms with van der Waals surface area (Å²) in [4.78, 5) is 12.5. The fourth-order valence-corrected chi connectivity index (χ4v) is 3.14. The van der Waals surface area contributed by atoms with E-state index in [-0.39, 0.29) is 16.6 Å². The molecule has 0 radical (unpaired) electrons. The van der Waals surface area contributed by atoms with Gasteiger partial charge in [0.1, 0.15) is 0 Å². The van der Waals surface area contributed by atoms with Gasteiger partial charge in [0, 0.05) is 11.3 Å². The van der Waals surface area contributed by atoms with Crippen LogP contribution in [0.25, 0.3) is 11.5 Å². The van der Waals surface area contributed by atoms with E-state index in [0.29, 0.717) is 11.1 Å². The van der Waals surface area contributed by atoms with Gasteiger partial charge in [0.05, 0.1) is 5.25 Å². The number of anilines is 1. The molecule has 3 rings (SSSR count). The topological polar surface area (TPSA) is 68.0 Å². The number of carbonyl (C=O) groups is 1. The van der Waals surface area contributed by atoms with Crippen molar-refractivity contribution < 1.29 is 9.21 Å². The summed E-state index contributed by atoms with van der Waals surface area (Å²) in [6.07, 6.45) is 0. The highest BCUT2D eigenvalue weighted by Crippen LogP contribution is 2.27. The van der Waals surface area contributed by atoms with Crippen molar-refractivity contribution in [2.75, 3.05) is 5.32 Å². The molecule has 27 heavy (non-hydrogen) atoms. The van der Waals surface area contributed by atoms with Crippen LogP contribution in [0.1, 0.15) is 33.3 Å². The summed E-state index contributed by atoms with van der Waals surface area (Å²) in [5.74, 6) is 0.339. The van der Waals surface area contributed by atoms with Gasteiger partial charge in [-0.1, -0.05) is 62.9 Å². The van der Waals surface area contributed by atoms with Crippen molar-refractivity contribution in [1.82, 2.24) is 10.2 Å². The van der Waals surface area contributed by atoms with Gasteiger partial charge in [-0.05, 0) is 42.2 Å². The van der Waals surface area contributed by atoms with Gasteiger partial charge >= 0.3 is 0 Å². The van der Waals surface area contributed by atoms with E-state index < -0.39 is 0 Å². The van der Waals surface area contributed by atoms with E-state index in [2.05, 4.69) is 36.3 Å². The van der Waals surface area contributed by atoms with Crippen molar-refractivity contribution in [3.05, 3.63) is 60.2 Å². The molecule has 1 heterocycles. The van der Waals surface area contributed by atoms with Gasteiger partial charge in [0.2, 0.25) is 11.8 Å². The Hall–Kier alpha value is -2.60. The molecule has 1 unspecified atom stereocenters. The maximum atomic E-state index is 12.5. The molecule has 3 aromatic rings. The average molecular weight is 382 g/mol. The van der Waals surface area contributed by atoms with Crippen LogP contribution >= 0.6 is 11.8 Å². The first-order valence-corrected chi connectivity index (χ1v) is 9.68. The van der Waals surface area contributed by atoms with Crippen LogP contribution in [0.4, 0.5) is 5.69 Å². The fraction of sp³-hybridized carbons (Fsp3) is 0.286. The molecule has 0 fully saturated rings. The van der Waals surface area contributed by atoms with Crippen molar-refractivity contribution >= 4 is 23.4 Å². The Balaban J connectivity index is 1.60. The quantitative estimate of drug-likeness (QED) is 0.619. The zero-order valence-corrected chi connectivity index (χ0v) is 16.7. The summed E-state index contributed by atoms with van der Waals surface area (Å²) >= 11 is 1.24. The minimum atomic E-state index is -0.364. The second-order valence-electron chi connectivity index (χ2n) is 7.32. The van der Waals surface area contributed by atoms with Gasteiger partial charge < -0.3 is 9.73 Å². The number of amides is 1. The molecule has 0 saturated heterocycles. The fourth-order valence-electron chi connectivity index (χ4n) is 2.46. The van der Waals surface area contributed by atoms with Crippen LogP contribution in [-0.4, -0.2) is 21.4 Å². The summed E-state index contributed by atoms with van der Waals surface area (Å²) in [6.45, 7) is 8.30. The minimum Gasteiger partial charge on any atom is -0.411 e. The predicted octanol–water partition coefficient (Wildman–Crippen LogP) is 5.15. The first kappa shape index (κ1) is 19.2. The highest BCUT2D eigenvalue weighted by molar-refractivity contribution is 8.00. The maximum Gasteiger partial charge on any atom is 0.277 e. The van der Waals surface area contributed by atoms with Crippen molar-refractivity contribution in [2.45, 2.75) is 43.6 Å². The second kappa shape index (κ2) is 7.96. The number of nitrogens with one attached hydrogen (secondary N) is 1. The molecule has 1 atom stereocenters. The molecule has 0 aliphatic rings. The third kappa shape index (κ3) is 4.98. The molecule has 1 aromatic heterocycles.